The summed E-state index contributed by atoms with van der Waals surface area (Å²) >= 11 is 0. The maximum Gasteiger partial charge on any atom is 0.229 e. The van der Waals surface area contributed by atoms with Gasteiger partial charge < -0.3 is 9.09 Å². The summed E-state index contributed by atoms with van der Waals surface area (Å²) in [7, 11) is 0. The summed E-state index contributed by atoms with van der Waals surface area (Å²) in [6.45, 7) is 4.50. The van der Waals surface area contributed by atoms with Gasteiger partial charge in [-0.2, -0.15) is 4.98 Å². The van der Waals surface area contributed by atoms with E-state index >= 15 is 0 Å². The Morgan fingerprint density at radius 3 is 2.90 bits per heavy atom. The second-order valence-electron chi connectivity index (χ2n) is 5.05. The molecule has 2 heterocycles. The molecule has 1 aromatic carbocycles. The average Bonchev–Trinajstić information content (AvgIpc) is 3.06. The van der Waals surface area contributed by atoms with Crippen LogP contribution in [0.4, 0.5) is 0 Å². The molecule has 3 aromatic rings. The molecular formula is C15H15N3O2. The van der Waals surface area contributed by atoms with Gasteiger partial charge in [0, 0.05) is 23.1 Å². The van der Waals surface area contributed by atoms with Crippen molar-refractivity contribution >= 4 is 17.2 Å². The first-order chi connectivity index (χ1) is 9.69. The zero-order valence-corrected chi connectivity index (χ0v) is 11.4. The van der Waals surface area contributed by atoms with Crippen molar-refractivity contribution in [1.82, 2.24) is 14.7 Å². The number of aromatic nitrogens is 3. The Hall–Kier alpha value is -2.43. The highest BCUT2D eigenvalue weighted by Gasteiger charge is 2.12. The molecule has 0 saturated heterocycles. The van der Waals surface area contributed by atoms with Crippen molar-refractivity contribution in [3.63, 3.8) is 0 Å². The number of hydrogen-bond donors (Lipinski definition) is 0. The molecule has 5 nitrogen and oxygen atoms in total. The number of fused-ring (bicyclic) bond motifs is 1. The lowest BCUT2D eigenvalue weighted by Crippen LogP contribution is -2.02. The molecule has 0 amide bonds. The summed E-state index contributed by atoms with van der Waals surface area (Å²) in [5.41, 5.74) is 1.57. The van der Waals surface area contributed by atoms with E-state index in [1.807, 2.05) is 48.9 Å². The molecule has 0 N–H and O–H groups in total. The minimum Gasteiger partial charge on any atom is -0.339 e. The summed E-state index contributed by atoms with van der Waals surface area (Å²) in [5.74, 6) is 1.46. The summed E-state index contributed by atoms with van der Waals surface area (Å²) in [6, 6.07) is 7.64. The summed E-state index contributed by atoms with van der Waals surface area (Å²) in [5, 5.41) is 5.01. The van der Waals surface area contributed by atoms with Gasteiger partial charge in [0.1, 0.15) is 0 Å². The molecular weight excluding hydrogens is 254 g/mol. The molecule has 0 spiro atoms. The van der Waals surface area contributed by atoms with Crippen LogP contribution in [0.3, 0.4) is 0 Å². The molecule has 102 valence electrons. The Balaban J connectivity index is 2.00. The Labute approximate surface area is 116 Å². The van der Waals surface area contributed by atoms with E-state index in [1.165, 1.54) is 0 Å². The number of benzene rings is 1. The Kier molecular flexibility index (Phi) is 3.10. The SMILES string of the molecule is CC(C)c1nc(Cn2ccc3cccc(C=O)c32)no1. The van der Waals surface area contributed by atoms with Gasteiger partial charge in [-0.3, -0.25) is 4.79 Å². The predicted octanol–water partition coefficient (Wildman–Crippen LogP) is 3.01. The maximum absolute atomic E-state index is 11.2. The standard InChI is InChI=1S/C15H15N3O2/c1-10(2)15-16-13(17-20-15)8-18-7-6-11-4-3-5-12(9-19)14(11)18/h3-7,9-10H,8H2,1-2H3. The number of aldehydes is 1. The van der Waals surface area contributed by atoms with Gasteiger partial charge in [-0.15, -0.1) is 0 Å². The normalized spacial score (nSPS) is 11.3. The fourth-order valence-corrected chi connectivity index (χ4v) is 2.24. The van der Waals surface area contributed by atoms with E-state index in [9.17, 15) is 4.79 Å². The van der Waals surface area contributed by atoms with E-state index in [0.29, 0.717) is 23.8 Å². The minimum atomic E-state index is 0.211. The summed E-state index contributed by atoms with van der Waals surface area (Å²) < 4.78 is 7.17. The average molecular weight is 269 g/mol. The van der Waals surface area contributed by atoms with Gasteiger partial charge in [0.05, 0.1) is 12.1 Å². The quantitative estimate of drug-likeness (QED) is 0.683. The van der Waals surface area contributed by atoms with Crippen molar-refractivity contribution in [3.05, 3.63) is 47.7 Å². The van der Waals surface area contributed by atoms with Gasteiger partial charge in [-0.1, -0.05) is 31.1 Å². The van der Waals surface area contributed by atoms with E-state index in [2.05, 4.69) is 10.1 Å². The van der Waals surface area contributed by atoms with Crippen LogP contribution >= 0.6 is 0 Å². The lowest BCUT2D eigenvalue weighted by Gasteiger charge is -2.03. The number of rotatable bonds is 4. The molecule has 0 saturated carbocycles. The Morgan fingerprint density at radius 1 is 1.35 bits per heavy atom. The molecule has 20 heavy (non-hydrogen) atoms. The third-order valence-electron chi connectivity index (χ3n) is 3.24. The van der Waals surface area contributed by atoms with Gasteiger partial charge in [0.25, 0.3) is 0 Å². The van der Waals surface area contributed by atoms with Crippen LogP contribution in [0.2, 0.25) is 0 Å². The van der Waals surface area contributed by atoms with E-state index in [-0.39, 0.29) is 5.92 Å². The van der Waals surface area contributed by atoms with Gasteiger partial charge in [-0.25, -0.2) is 0 Å². The molecule has 0 aliphatic carbocycles. The second-order valence-corrected chi connectivity index (χ2v) is 5.05. The lowest BCUT2D eigenvalue weighted by atomic mass is 10.1. The summed E-state index contributed by atoms with van der Waals surface area (Å²) in [6.07, 6.45) is 2.80. The number of carbonyl (C=O) groups is 1. The first-order valence-electron chi connectivity index (χ1n) is 6.54. The van der Waals surface area contributed by atoms with Crippen molar-refractivity contribution in [2.75, 3.05) is 0 Å². The Morgan fingerprint density at radius 2 is 2.20 bits per heavy atom. The van der Waals surface area contributed by atoms with Crippen LogP contribution in [-0.2, 0) is 6.54 Å². The van der Waals surface area contributed by atoms with Crippen LogP contribution in [0.25, 0.3) is 10.9 Å². The predicted molar refractivity (Wildman–Crippen MR) is 74.8 cm³/mol. The lowest BCUT2D eigenvalue weighted by molar-refractivity contribution is 0.112. The first kappa shape index (κ1) is 12.6. The number of para-hydroxylation sites is 1. The van der Waals surface area contributed by atoms with Gasteiger partial charge >= 0.3 is 0 Å². The highest BCUT2D eigenvalue weighted by molar-refractivity contribution is 5.96. The number of carbonyl (C=O) groups excluding carboxylic acids is 1. The fourth-order valence-electron chi connectivity index (χ4n) is 2.24. The van der Waals surface area contributed by atoms with Gasteiger partial charge in [0.15, 0.2) is 12.1 Å². The minimum absolute atomic E-state index is 0.211. The smallest absolute Gasteiger partial charge is 0.229 e. The van der Waals surface area contributed by atoms with Crippen LogP contribution in [0.1, 0.15) is 41.8 Å². The highest BCUT2D eigenvalue weighted by Crippen LogP contribution is 2.20. The van der Waals surface area contributed by atoms with Crippen molar-refractivity contribution in [3.8, 4) is 0 Å². The van der Waals surface area contributed by atoms with Crippen molar-refractivity contribution in [2.45, 2.75) is 26.3 Å². The number of nitrogens with zero attached hydrogens (tertiary/aromatic N) is 3. The maximum atomic E-state index is 11.2. The van der Waals surface area contributed by atoms with Gasteiger partial charge in [0.2, 0.25) is 5.89 Å². The van der Waals surface area contributed by atoms with Crippen LogP contribution in [-0.4, -0.2) is 21.0 Å². The van der Waals surface area contributed by atoms with Crippen LogP contribution in [0, 0.1) is 0 Å². The molecule has 0 radical (unpaired) electrons. The molecule has 0 fully saturated rings. The van der Waals surface area contributed by atoms with Crippen molar-refractivity contribution < 1.29 is 9.32 Å². The third kappa shape index (κ3) is 2.11. The molecule has 0 bridgehead atoms. The summed E-state index contributed by atoms with van der Waals surface area (Å²) in [4.78, 5) is 15.5. The van der Waals surface area contributed by atoms with E-state index in [1.54, 1.807) is 0 Å². The molecule has 3 rings (SSSR count). The van der Waals surface area contributed by atoms with Crippen molar-refractivity contribution in [1.29, 1.82) is 0 Å². The van der Waals surface area contributed by atoms with Gasteiger partial charge in [-0.05, 0) is 12.1 Å². The molecule has 0 aliphatic heterocycles. The fraction of sp³-hybridized carbons (Fsp3) is 0.267. The topological polar surface area (TPSA) is 60.9 Å². The number of hydrogen-bond acceptors (Lipinski definition) is 4. The van der Waals surface area contributed by atoms with Crippen LogP contribution in [0.5, 0.6) is 0 Å². The molecule has 0 aliphatic rings. The Bertz CT molecular complexity index is 755. The van der Waals surface area contributed by atoms with E-state index in [4.69, 9.17) is 4.52 Å². The molecule has 0 atom stereocenters. The molecule has 2 aromatic heterocycles. The van der Waals surface area contributed by atoms with Crippen LogP contribution in [0.15, 0.2) is 35.0 Å². The largest absolute Gasteiger partial charge is 0.339 e. The monoisotopic (exact) mass is 269 g/mol. The third-order valence-corrected chi connectivity index (χ3v) is 3.24. The van der Waals surface area contributed by atoms with Crippen molar-refractivity contribution in [2.24, 2.45) is 0 Å². The second kappa shape index (κ2) is 4.92. The molecule has 5 heteroatoms. The molecule has 0 unspecified atom stereocenters. The zero-order valence-electron chi connectivity index (χ0n) is 11.4. The van der Waals surface area contributed by atoms with E-state index < -0.39 is 0 Å². The zero-order chi connectivity index (χ0) is 14.1. The first-order valence-corrected chi connectivity index (χ1v) is 6.54. The van der Waals surface area contributed by atoms with Crippen LogP contribution < -0.4 is 0 Å². The highest BCUT2D eigenvalue weighted by atomic mass is 16.5. The van der Waals surface area contributed by atoms with E-state index in [0.717, 1.165) is 17.2 Å².